The summed E-state index contributed by atoms with van der Waals surface area (Å²) in [5.74, 6) is -0.757. The molecule has 1 aliphatic heterocycles. The number of hydrogen-bond donors (Lipinski definition) is 2. The lowest BCUT2D eigenvalue weighted by Crippen LogP contribution is -2.43. The van der Waals surface area contributed by atoms with Gasteiger partial charge in [-0.3, -0.25) is 4.79 Å². The van der Waals surface area contributed by atoms with Crippen LogP contribution in [0, 0.1) is 11.3 Å². The molecule has 1 amide bonds. The largest absolute Gasteiger partial charge is 0.464 e. The van der Waals surface area contributed by atoms with Gasteiger partial charge in [0.2, 0.25) is 0 Å². The maximum Gasteiger partial charge on any atom is 0.357 e. The minimum atomic E-state index is -0.631. The second-order valence-electron chi connectivity index (χ2n) is 6.57. The number of carbonyl (C=O) groups is 2. The Kier molecular flexibility index (Phi) is 3.76. The van der Waals surface area contributed by atoms with E-state index in [4.69, 9.17) is 10.5 Å². The Bertz CT molecular complexity index is 935. The van der Waals surface area contributed by atoms with E-state index < -0.39 is 5.97 Å². The molecule has 0 atom stereocenters. The third-order valence-electron chi connectivity index (χ3n) is 4.49. The quantitative estimate of drug-likeness (QED) is 0.810. The maximum atomic E-state index is 12.1. The van der Waals surface area contributed by atoms with E-state index in [0.29, 0.717) is 17.8 Å². The summed E-state index contributed by atoms with van der Waals surface area (Å²) in [6.07, 6.45) is 1.50. The predicted octanol–water partition coefficient (Wildman–Crippen LogP) is 1.74. The van der Waals surface area contributed by atoms with Gasteiger partial charge in [0.1, 0.15) is 6.07 Å². The summed E-state index contributed by atoms with van der Waals surface area (Å²) < 4.78 is 6.32. The number of aromatic nitrogens is 1. The molecule has 7 heteroatoms. The van der Waals surface area contributed by atoms with Crippen LogP contribution >= 0.6 is 0 Å². The van der Waals surface area contributed by atoms with Crippen LogP contribution in [0.4, 0.5) is 5.69 Å². The molecule has 7 nitrogen and oxygen atoms in total. The highest BCUT2D eigenvalue weighted by molar-refractivity contribution is 5.98. The van der Waals surface area contributed by atoms with Crippen LogP contribution in [0.15, 0.2) is 24.4 Å². The van der Waals surface area contributed by atoms with Crippen molar-refractivity contribution in [2.45, 2.75) is 19.3 Å². The third kappa shape index (κ3) is 2.52. The van der Waals surface area contributed by atoms with Gasteiger partial charge in [-0.2, -0.15) is 5.26 Å². The van der Waals surface area contributed by atoms with Gasteiger partial charge in [0, 0.05) is 29.4 Å². The van der Waals surface area contributed by atoms with Gasteiger partial charge >= 0.3 is 5.97 Å². The van der Waals surface area contributed by atoms with Gasteiger partial charge in [0.25, 0.3) is 5.91 Å². The zero-order valence-electron chi connectivity index (χ0n) is 14.2. The molecule has 0 bridgehead atoms. The first-order valence-electron chi connectivity index (χ1n) is 7.72. The van der Waals surface area contributed by atoms with Crippen LogP contribution in [0.2, 0.25) is 0 Å². The average Bonchev–Trinajstić information content (AvgIpc) is 2.94. The van der Waals surface area contributed by atoms with E-state index in [1.165, 1.54) is 17.9 Å². The summed E-state index contributed by atoms with van der Waals surface area (Å²) in [6.45, 7) is 4.57. The highest BCUT2D eigenvalue weighted by Crippen LogP contribution is 2.33. The van der Waals surface area contributed by atoms with Gasteiger partial charge in [0.05, 0.1) is 18.4 Å². The van der Waals surface area contributed by atoms with Gasteiger partial charge in [-0.25, -0.2) is 4.79 Å². The fourth-order valence-electron chi connectivity index (χ4n) is 3.05. The molecule has 0 saturated carbocycles. The lowest BCUT2D eigenvalue weighted by atomic mass is 9.79. The molecule has 1 aliphatic rings. The van der Waals surface area contributed by atoms with Crippen LogP contribution in [0.25, 0.3) is 5.69 Å². The summed E-state index contributed by atoms with van der Waals surface area (Å²) in [4.78, 5) is 24.2. The van der Waals surface area contributed by atoms with E-state index in [2.05, 4.69) is 5.32 Å². The lowest BCUT2D eigenvalue weighted by molar-refractivity contribution is 0.0592. The monoisotopic (exact) mass is 338 g/mol. The molecule has 0 fully saturated rings. The zero-order valence-corrected chi connectivity index (χ0v) is 14.2. The second-order valence-corrected chi connectivity index (χ2v) is 6.57. The molecule has 3 rings (SSSR count). The van der Waals surface area contributed by atoms with Crippen LogP contribution < -0.4 is 11.1 Å². The number of amides is 1. The van der Waals surface area contributed by atoms with E-state index >= 15 is 0 Å². The molecule has 1 aromatic heterocycles. The van der Waals surface area contributed by atoms with Gasteiger partial charge in [0.15, 0.2) is 5.69 Å². The number of benzene rings is 1. The summed E-state index contributed by atoms with van der Waals surface area (Å²) in [6, 6.07) is 7.25. The van der Waals surface area contributed by atoms with Crippen molar-refractivity contribution >= 4 is 17.6 Å². The fourth-order valence-corrected chi connectivity index (χ4v) is 3.05. The third-order valence-corrected chi connectivity index (χ3v) is 4.49. The van der Waals surface area contributed by atoms with Crippen molar-refractivity contribution in [2.24, 2.45) is 0 Å². The Hall–Kier alpha value is -3.27. The first-order chi connectivity index (χ1) is 11.8. The number of nitriles is 1. The summed E-state index contributed by atoms with van der Waals surface area (Å²) in [5.41, 5.74) is 8.13. The van der Waals surface area contributed by atoms with Gasteiger partial charge < -0.3 is 20.4 Å². The van der Waals surface area contributed by atoms with Crippen molar-refractivity contribution in [1.29, 1.82) is 5.26 Å². The molecule has 25 heavy (non-hydrogen) atoms. The normalized spacial score (nSPS) is 15.0. The number of ether oxygens (including phenoxy) is 1. The molecule has 3 N–H and O–H groups in total. The first kappa shape index (κ1) is 16.6. The number of nitrogens with zero attached hydrogens (tertiary/aromatic N) is 2. The number of methoxy groups -OCH3 is 1. The Morgan fingerprint density at radius 1 is 1.44 bits per heavy atom. The fraction of sp³-hybridized carbons (Fsp3) is 0.278. The number of carbonyl (C=O) groups excluding carboxylic acids is 2. The Morgan fingerprint density at radius 3 is 2.80 bits per heavy atom. The highest BCUT2D eigenvalue weighted by atomic mass is 16.5. The number of nitrogens with one attached hydrogen (secondary N) is 1. The van der Waals surface area contributed by atoms with Crippen molar-refractivity contribution in [2.75, 3.05) is 19.4 Å². The minimum Gasteiger partial charge on any atom is -0.464 e. The van der Waals surface area contributed by atoms with Crippen molar-refractivity contribution < 1.29 is 14.3 Å². The standard InChI is InChI=1S/C18H18N4O3/c1-18(2)9-21-16(23)12-5-4-11(6-13(12)18)22-8-10(7-19)14(20)15(22)17(24)25-3/h4-6,8H,9,20H2,1-3H3,(H,21,23). The van der Waals surface area contributed by atoms with E-state index in [1.807, 2.05) is 26.0 Å². The molecular formula is C18H18N4O3. The molecule has 2 aromatic rings. The average molecular weight is 338 g/mol. The Labute approximate surface area is 145 Å². The van der Waals surface area contributed by atoms with E-state index in [0.717, 1.165) is 5.56 Å². The molecule has 0 radical (unpaired) electrons. The van der Waals surface area contributed by atoms with Crippen molar-refractivity contribution in [3.05, 3.63) is 46.8 Å². The van der Waals surface area contributed by atoms with E-state index in [1.54, 1.807) is 12.1 Å². The number of rotatable bonds is 2. The summed E-state index contributed by atoms with van der Waals surface area (Å²) in [5, 5.41) is 12.1. The maximum absolute atomic E-state index is 12.1. The molecule has 128 valence electrons. The smallest absolute Gasteiger partial charge is 0.357 e. The van der Waals surface area contributed by atoms with Crippen LogP contribution in [-0.2, 0) is 10.2 Å². The number of nitrogen functional groups attached to an aromatic ring is 1. The van der Waals surface area contributed by atoms with Crippen LogP contribution in [0.5, 0.6) is 0 Å². The first-order valence-corrected chi connectivity index (χ1v) is 7.72. The lowest BCUT2D eigenvalue weighted by Gasteiger charge is -2.32. The molecule has 1 aromatic carbocycles. The molecule has 0 aliphatic carbocycles. The molecular weight excluding hydrogens is 320 g/mol. The number of hydrogen-bond acceptors (Lipinski definition) is 5. The highest BCUT2D eigenvalue weighted by Gasteiger charge is 2.32. The Morgan fingerprint density at radius 2 is 2.16 bits per heavy atom. The van der Waals surface area contributed by atoms with Crippen molar-refractivity contribution in [1.82, 2.24) is 9.88 Å². The van der Waals surface area contributed by atoms with Gasteiger partial charge in [-0.15, -0.1) is 0 Å². The van der Waals surface area contributed by atoms with Crippen molar-refractivity contribution in [3.8, 4) is 11.8 Å². The number of esters is 1. The predicted molar refractivity (Wildman–Crippen MR) is 91.6 cm³/mol. The molecule has 2 heterocycles. The van der Waals surface area contributed by atoms with Gasteiger partial charge in [-0.05, 0) is 23.8 Å². The summed E-state index contributed by atoms with van der Waals surface area (Å²) in [7, 11) is 1.26. The van der Waals surface area contributed by atoms with Crippen LogP contribution in [0.3, 0.4) is 0 Å². The zero-order chi connectivity index (χ0) is 18.4. The van der Waals surface area contributed by atoms with Crippen molar-refractivity contribution in [3.63, 3.8) is 0 Å². The van der Waals surface area contributed by atoms with Crippen LogP contribution in [0.1, 0.15) is 45.8 Å². The number of nitrogens with two attached hydrogens (primary N) is 1. The summed E-state index contributed by atoms with van der Waals surface area (Å²) >= 11 is 0. The SMILES string of the molecule is COC(=O)c1c(N)c(C#N)cn1-c1ccc2c(c1)C(C)(C)CNC2=O. The Balaban J connectivity index is 2.24. The molecule has 0 unspecified atom stereocenters. The second kappa shape index (κ2) is 5.67. The van der Waals surface area contributed by atoms with Gasteiger partial charge in [-0.1, -0.05) is 13.8 Å². The molecule has 0 saturated heterocycles. The molecule has 0 spiro atoms. The van der Waals surface area contributed by atoms with E-state index in [9.17, 15) is 14.9 Å². The number of fused-ring (bicyclic) bond motifs is 1. The number of anilines is 1. The topological polar surface area (TPSA) is 110 Å². The van der Waals surface area contributed by atoms with Crippen LogP contribution in [-0.4, -0.2) is 30.1 Å². The minimum absolute atomic E-state index is 0.0732. The van der Waals surface area contributed by atoms with E-state index in [-0.39, 0.29) is 28.3 Å².